The molecule has 3 aliphatic rings. The summed E-state index contributed by atoms with van der Waals surface area (Å²) in [6.45, 7) is 11.0. The number of nitrogens with one attached hydrogen (secondary N) is 1. The third-order valence-electron chi connectivity index (χ3n) is 11.1. The van der Waals surface area contributed by atoms with Gasteiger partial charge in [-0.15, -0.1) is 0 Å². The second kappa shape index (κ2) is 18.9. The first-order chi connectivity index (χ1) is 28.9. The van der Waals surface area contributed by atoms with E-state index in [-0.39, 0.29) is 23.5 Å². The number of aliphatic carboxylic acids is 1. The smallest absolute Gasteiger partial charge is 0.475 e. The Kier molecular flexibility index (Phi) is 13.5. The minimum Gasteiger partial charge on any atom is -0.475 e. The number of piperidine rings is 2. The molecule has 2 N–H and O–H groups in total. The molecule has 6 aromatic rings. The van der Waals surface area contributed by atoms with Gasteiger partial charge in [0.05, 0.1) is 22.4 Å². The monoisotopic (exact) mass is 842 g/mol. The Labute approximate surface area is 341 Å². The van der Waals surface area contributed by atoms with Crippen molar-refractivity contribution in [3.8, 4) is 11.9 Å². The van der Waals surface area contributed by atoms with Gasteiger partial charge in [0.15, 0.2) is 0 Å². The van der Waals surface area contributed by atoms with Crippen molar-refractivity contribution in [2.75, 3.05) is 45.9 Å². The number of alkyl halides is 3. The predicted octanol–water partition coefficient (Wildman–Crippen LogP) is 6.93. The highest BCUT2D eigenvalue weighted by atomic mass is 19.4. The zero-order valence-corrected chi connectivity index (χ0v) is 33.3. The van der Waals surface area contributed by atoms with Gasteiger partial charge in [-0.25, -0.2) is 13.6 Å². The number of fused-ring (bicyclic) bond motifs is 2. The van der Waals surface area contributed by atoms with Crippen molar-refractivity contribution in [3.05, 3.63) is 71.2 Å². The maximum absolute atomic E-state index is 13.8. The van der Waals surface area contributed by atoms with E-state index >= 15 is 0 Å². The van der Waals surface area contributed by atoms with E-state index in [4.69, 9.17) is 23.7 Å². The van der Waals surface area contributed by atoms with Crippen molar-refractivity contribution in [3.63, 3.8) is 0 Å². The summed E-state index contributed by atoms with van der Waals surface area (Å²) >= 11 is 0. The van der Waals surface area contributed by atoms with Crippen molar-refractivity contribution in [1.29, 1.82) is 0 Å². The van der Waals surface area contributed by atoms with Gasteiger partial charge >= 0.3 is 12.1 Å². The quantitative estimate of drug-likeness (QED) is 0.151. The van der Waals surface area contributed by atoms with Gasteiger partial charge < -0.3 is 29.1 Å². The largest absolute Gasteiger partial charge is 0.490 e. The molecular weight excluding hydrogens is 795 g/mol. The highest BCUT2D eigenvalue weighted by Crippen LogP contribution is 2.31. The molecule has 0 atom stereocenters. The molecule has 0 amide bonds. The molecule has 3 aliphatic heterocycles. The lowest BCUT2D eigenvalue weighted by molar-refractivity contribution is -0.192. The van der Waals surface area contributed by atoms with Crippen molar-refractivity contribution >= 4 is 27.8 Å². The SMILES string of the molecule is CCc1nn(-c2noc(C3CCN(CC4CCOCC4)CC3)n2)c2cc(F)ccc12.CCc1nn(-c2noc(C3CCNCC3)n2)c2cc(F)ccc12.O=C(O)C(F)(F)F. The number of aromatic nitrogens is 8. The van der Waals surface area contributed by atoms with Crippen molar-refractivity contribution in [2.45, 2.75) is 83.2 Å². The fourth-order valence-electron chi connectivity index (χ4n) is 7.82. The molecule has 4 aromatic heterocycles. The molecule has 9 rings (SSSR count). The highest BCUT2D eigenvalue weighted by Gasteiger charge is 2.38. The zero-order valence-electron chi connectivity index (χ0n) is 33.3. The Bertz CT molecular complexity index is 2360. The van der Waals surface area contributed by atoms with E-state index in [2.05, 4.69) is 40.7 Å². The molecular formula is C40H47F5N10O5. The first kappa shape index (κ1) is 42.8. The second-order valence-electron chi connectivity index (χ2n) is 15.1. The lowest BCUT2D eigenvalue weighted by atomic mass is 9.94. The van der Waals surface area contributed by atoms with Crippen LogP contribution in [0.2, 0.25) is 0 Å². The lowest BCUT2D eigenvalue weighted by Gasteiger charge is -2.34. The van der Waals surface area contributed by atoms with E-state index in [0.717, 1.165) is 113 Å². The van der Waals surface area contributed by atoms with Crippen LogP contribution in [0.5, 0.6) is 0 Å². The lowest BCUT2D eigenvalue weighted by Crippen LogP contribution is -2.38. The summed E-state index contributed by atoms with van der Waals surface area (Å²) in [7, 11) is 0. The highest BCUT2D eigenvalue weighted by molar-refractivity contribution is 5.84. The third-order valence-corrected chi connectivity index (χ3v) is 11.1. The molecule has 3 fully saturated rings. The van der Waals surface area contributed by atoms with E-state index in [1.165, 1.54) is 37.1 Å². The number of halogens is 5. The average Bonchev–Trinajstić information content (AvgIpc) is 4.07. The topological polar surface area (TPSA) is 175 Å². The van der Waals surface area contributed by atoms with Crippen LogP contribution in [0.15, 0.2) is 45.4 Å². The van der Waals surface area contributed by atoms with Crippen molar-refractivity contribution in [2.24, 2.45) is 5.92 Å². The fourth-order valence-corrected chi connectivity index (χ4v) is 7.82. The number of rotatable bonds is 8. The molecule has 0 bridgehead atoms. The number of carboxylic acids is 1. The van der Waals surface area contributed by atoms with Crippen LogP contribution < -0.4 is 5.32 Å². The summed E-state index contributed by atoms with van der Waals surface area (Å²) in [5.74, 6) is -0.00958. The van der Waals surface area contributed by atoms with E-state index in [9.17, 15) is 22.0 Å². The number of hydrogen-bond acceptors (Lipinski definition) is 12. The number of carboxylic acid groups (broad SMARTS) is 1. The number of aryl methyl sites for hydroxylation is 2. The molecule has 2 aromatic carbocycles. The minimum absolute atomic E-state index is 0.265. The molecule has 0 aliphatic carbocycles. The van der Waals surface area contributed by atoms with Crippen LogP contribution in [-0.2, 0) is 22.4 Å². The average molecular weight is 843 g/mol. The first-order valence-corrected chi connectivity index (χ1v) is 20.2. The number of nitrogens with zero attached hydrogens (tertiary/aromatic N) is 9. The Hall–Kier alpha value is -5.34. The molecule has 0 spiro atoms. The number of ether oxygens (including phenoxy) is 1. The van der Waals surface area contributed by atoms with Crippen LogP contribution in [0.1, 0.15) is 87.4 Å². The third kappa shape index (κ3) is 9.98. The van der Waals surface area contributed by atoms with E-state index in [1.807, 2.05) is 13.8 Å². The summed E-state index contributed by atoms with van der Waals surface area (Å²) in [5.41, 5.74) is 3.14. The fraction of sp³-hybridized carbons (Fsp3) is 0.525. The van der Waals surface area contributed by atoms with Gasteiger partial charge in [0.25, 0.3) is 11.9 Å². The van der Waals surface area contributed by atoms with Crippen LogP contribution in [0.4, 0.5) is 22.0 Å². The molecule has 3 saturated heterocycles. The Morgan fingerprint density at radius 1 is 0.767 bits per heavy atom. The Morgan fingerprint density at radius 2 is 1.23 bits per heavy atom. The summed E-state index contributed by atoms with van der Waals surface area (Å²) in [6, 6.07) is 9.37. The Balaban J connectivity index is 0.000000161. The van der Waals surface area contributed by atoms with Crippen LogP contribution in [0, 0.1) is 17.6 Å². The van der Waals surface area contributed by atoms with Crippen LogP contribution in [-0.4, -0.2) is 108 Å². The van der Waals surface area contributed by atoms with Crippen molar-refractivity contribution < 1.29 is 45.6 Å². The summed E-state index contributed by atoms with van der Waals surface area (Å²) in [5, 5.41) is 29.6. The van der Waals surface area contributed by atoms with Gasteiger partial charge in [-0.3, -0.25) is 0 Å². The summed E-state index contributed by atoms with van der Waals surface area (Å²) in [4.78, 5) is 20.6. The molecule has 7 heterocycles. The van der Waals surface area contributed by atoms with E-state index in [0.29, 0.717) is 34.7 Å². The van der Waals surface area contributed by atoms with Crippen LogP contribution in [0.3, 0.4) is 0 Å². The van der Waals surface area contributed by atoms with Crippen LogP contribution >= 0.6 is 0 Å². The molecule has 15 nitrogen and oxygen atoms in total. The molecule has 0 saturated carbocycles. The standard InChI is InChI=1S/C22H28FN5O2.C16H18FN5O.C2HF3O2/c1-2-19-18-4-3-17(23)13-20(18)28(25-19)22-24-21(30-26-22)16-5-9-27(10-6-16)14-15-7-11-29-12-8-15;1-2-13-12-4-3-11(17)9-14(12)22(20-13)16-19-15(23-21-16)10-5-7-18-8-6-10;3-2(4,5)1(6)7/h3-4,13,15-16H,2,5-12,14H2,1H3;3-4,9-10,18H,2,5-8H2,1H3;(H,6,7). The molecule has 0 radical (unpaired) electrons. The van der Waals surface area contributed by atoms with Gasteiger partial charge in [-0.05, 0) is 118 Å². The van der Waals surface area contributed by atoms with E-state index in [1.54, 1.807) is 21.5 Å². The first-order valence-electron chi connectivity index (χ1n) is 20.2. The second-order valence-corrected chi connectivity index (χ2v) is 15.1. The molecule has 0 unspecified atom stereocenters. The number of carbonyl (C=O) groups is 1. The van der Waals surface area contributed by atoms with Crippen molar-refractivity contribution in [1.82, 2.24) is 50.1 Å². The maximum Gasteiger partial charge on any atom is 0.490 e. The minimum atomic E-state index is -5.08. The maximum atomic E-state index is 13.8. The Morgan fingerprint density at radius 3 is 1.68 bits per heavy atom. The van der Waals surface area contributed by atoms with Gasteiger partial charge in [0.2, 0.25) is 11.8 Å². The van der Waals surface area contributed by atoms with E-state index < -0.39 is 12.1 Å². The predicted molar refractivity (Wildman–Crippen MR) is 207 cm³/mol. The van der Waals surface area contributed by atoms with Gasteiger partial charge in [0.1, 0.15) is 11.6 Å². The van der Waals surface area contributed by atoms with Gasteiger partial charge in [-0.2, -0.15) is 42.7 Å². The molecule has 60 heavy (non-hydrogen) atoms. The number of benzene rings is 2. The number of likely N-dealkylation sites (tertiary alicyclic amines) is 1. The zero-order chi connectivity index (χ0) is 42.4. The number of hydrogen-bond donors (Lipinski definition) is 2. The van der Waals surface area contributed by atoms with Gasteiger partial charge in [-0.1, -0.05) is 13.8 Å². The molecule has 20 heteroatoms. The molecule has 322 valence electrons. The summed E-state index contributed by atoms with van der Waals surface area (Å²) < 4.78 is 78.9. The normalized spacial score (nSPS) is 17.4. The van der Waals surface area contributed by atoms with Gasteiger partial charge in [0, 0.05) is 54.5 Å². The summed E-state index contributed by atoms with van der Waals surface area (Å²) in [6.07, 6.45) is 2.77. The van der Waals surface area contributed by atoms with Crippen LogP contribution in [0.25, 0.3) is 33.7 Å².